The van der Waals surface area contributed by atoms with Crippen molar-refractivity contribution in [3.63, 3.8) is 0 Å². The third-order valence-electron chi connectivity index (χ3n) is 8.00. The first-order chi connectivity index (χ1) is 14.3. The summed E-state index contributed by atoms with van der Waals surface area (Å²) in [5, 5.41) is 0. The van der Waals surface area contributed by atoms with Crippen molar-refractivity contribution in [2.45, 2.75) is 110 Å². The summed E-state index contributed by atoms with van der Waals surface area (Å²) in [6.45, 7) is 5.56. The molecular formula is C28H46O. The molecule has 0 bridgehead atoms. The lowest BCUT2D eigenvalue weighted by molar-refractivity contribution is 0.234. The van der Waals surface area contributed by atoms with E-state index in [4.69, 9.17) is 4.74 Å². The first-order valence-electron chi connectivity index (χ1n) is 13.0. The lowest BCUT2D eigenvalue weighted by Gasteiger charge is -2.28. The molecule has 0 unspecified atom stereocenters. The van der Waals surface area contributed by atoms with Gasteiger partial charge in [-0.3, -0.25) is 0 Å². The van der Waals surface area contributed by atoms with E-state index < -0.39 is 0 Å². The van der Waals surface area contributed by atoms with Gasteiger partial charge in [-0.2, -0.15) is 0 Å². The van der Waals surface area contributed by atoms with Crippen molar-refractivity contribution in [1.82, 2.24) is 0 Å². The first kappa shape index (κ1) is 22.7. The van der Waals surface area contributed by atoms with Gasteiger partial charge in [-0.15, -0.1) is 0 Å². The van der Waals surface area contributed by atoms with E-state index in [1.165, 1.54) is 102 Å². The Morgan fingerprint density at radius 2 is 1.24 bits per heavy atom. The van der Waals surface area contributed by atoms with Crippen molar-refractivity contribution in [3.05, 3.63) is 29.8 Å². The topological polar surface area (TPSA) is 9.23 Å². The summed E-state index contributed by atoms with van der Waals surface area (Å²) >= 11 is 0. The molecule has 0 amide bonds. The van der Waals surface area contributed by atoms with Crippen LogP contribution in [0.1, 0.15) is 109 Å². The minimum absolute atomic E-state index is 0.883. The van der Waals surface area contributed by atoms with Gasteiger partial charge >= 0.3 is 0 Å². The van der Waals surface area contributed by atoms with Crippen LogP contribution < -0.4 is 4.74 Å². The Morgan fingerprint density at radius 3 is 1.83 bits per heavy atom. The molecule has 1 aromatic rings. The first-order valence-corrected chi connectivity index (χ1v) is 13.0. The van der Waals surface area contributed by atoms with Crippen LogP contribution in [0.3, 0.4) is 0 Å². The maximum Gasteiger partial charge on any atom is 0.119 e. The van der Waals surface area contributed by atoms with Crippen LogP contribution in [0.15, 0.2) is 24.3 Å². The molecule has 1 nitrogen and oxygen atoms in total. The molecule has 2 fully saturated rings. The highest BCUT2D eigenvalue weighted by atomic mass is 16.5. The summed E-state index contributed by atoms with van der Waals surface area (Å²) in [6.07, 6.45) is 21.1. The van der Waals surface area contributed by atoms with E-state index in [1.807, 2.05) is 0 Å². The molecule has 0 aliphatic heterocycles. The van der Waals surface area contributed by atoms with Crippen LogP contribution in [-0.2, 0) is 6.42 Å². The van der Waals surface area contributed by atoms with Gasteiger partial charge in [0.05, 0.1) is 6.61 Å². The molecule has 0 heterocycles. The van der Waals surface area contributed by atoms with Crippen LogP contribution in [0.5, 0.6) is 5.75 Å². The maximum absolute atomic E-state index is 6.02. The number of hydrogen-bond donors (Lipinski definition) is 0. The lowest BCUT2D eigenvalue weighted by atomic mass is 9.78. The van der Waals surface area contributed by atoms with Gasteiger partial charge in [-0.05, 0) is 67.1 Å². The standard InChI is InChI=1S/C28H46O/c1-3-6-24-12-14-26(15-13-24)16-17-27-18-20-28(21-19-27)29-22-5-7-25-10-8-23(4-2)9-11-25/h18-21,23-26H,3-17,22H2,1-2H3/t23-,24-,25-,26-. The van der Waals surface area contributed by atoms with Crippen molar-refractivity contribution in [1.29, 1.82) is 0 Å². The Morgan fingerprint density at radius 1 is 0.690 bits per heavy atom. The van der Waals surface area contributed by atoms with Gasteiger partial charge in [0, 0.05) is 0 Å². The molecule has 3 rings (SSSR count). The van der Waals surface area contributed by atoms with Gasteiger partial charge in [-0.1, -0.05) is 96.6 Å². The summed E-state index contributed by atoms with van der Waals surface area (Å²) < 4.78 is 6.02. The molecule has 2 saturated carbocycles. The molecule has 0 N–H and O–H groups in total. The van der Waals surface area contributed by atoms with Crippen LogP contribution in [-0.4, -0.2) is 6.61 Å². The van der Waals surface area contributed by atoms with Gasteiger partial charge in [0.2, 0.25) is 0 Å². The Bertz CT molecular complexity index is 532. The highest BCUT2D eigenvalue weighted by Crippen LogP contribution is 2.34. The molecule has 29 heavy (non-hydrogen) atoms. The van der Waals surface area contributed by atoms with E-state index in [0.29, 0.717) is 0 Å². The van der Waals surface area contributed by atoms with Crippen LogP contribution in [0.4, 0.5) is 0 Å². The second kappa shape index (κ2) is 12.7. The molecular weight excluding hydrogens is 352 g/mol. The van der Waals surface area contributed by atoms with Crippen molar-refractivity contribution < 1.29 is 4.74 Å². The van der Waals surface area contributed by atoms with Crippen molar-refractivity contribution in [2.75, 3.05) is 6.61 Å². The number of aryl methyl sites for hydroxylation is 1. The Balaban J connectivity index is 1.26. The maximum atomic E-state index is 6.02. The lowest BCUT2D eigenvalue weighted by Crippen LogP contribution is -2.15. The smallest absolute Gasteiger partial charge is 0.119 e. The summed E-state index contributed by atoms with van der Waals surface area (Å²) in [7, 11) is 0. The van der Waals surface area contributed by atoms with E-state index in [-0.39, 0.29) is 0 Å². The molecule has 2 aliphatic rings. The fraction of sp³-hybridized carbons (Fsp3) is 0.786. The zero-order valence-electron chi connectivity index (χ0n) is 19.3. The third-order valence-corrected chi connectivity index (χ3v) is 8.00. The molecule has 1 heteroatoms. The summed E-state index contributed by atoms with van der Waals surface area (Å²) in [5.41, 5.74) is 1.49. The van der Waals surface area contributed by atoms with Gasteiger partial charge in [0.25, 0.3) is 0 Å². The largest absolute Gasteiger partial charge is 0.494 e. The molecule has 0 spiro atoms. The molecule has 0 radical (unpaired) electrons. The average Bonchev–Trinajstić information content (AvgIpc) is 2.78. The fourth-order valence-electron chi connectivity index (χ4n) is 5.83. The Labute approximate surface area is 181 Å². The quantitative estimate of drug-likeness (QED) is 0.339. The second-order valence-electron chi connectivity index (χ2n) is 10.1. The van der Waals surface area contributed by atoms with Gasteiger partial charge < -0.3 is 4.74 Å². The minimum atomic E-state index is 0.883. The Kier molecular flexibility index (Phi) is 9.91. The summed E-state index contributed by atoms with van der Waals surface area (Å²) in [6, 6.07) is 8.98. The molecule has 1 aromatic carbocycles. The number of benzene rings is 1. The summed E-state index contributed by atoms with van der Waals surface area (Å²) in [5.74, 6) is 5.02. The number of hydrogen-bond acceptors (Lipinski definition) is 1. The summed E-state index contributed by atoms with van der Waals surface area (Å²) in [4.78, 5) is 0. The molecule has 0 saturated heterocycles. The van der Waals surface area contributed by atoms with Crippen LogP contribution >= 0.6 is 0 Å². The molecule has 0 atom stereocenters. The molecule has 0 aromatic heterocycles. The monoisotopic (exact) mass is 398 g/mol. The fourth-order valence-corrected chi connectivity index (χ4v) is 5.83. The number of ether oxygens (including phenoxy) is 1. The van der Waals surface area contributed by atoms with Crippen molar-refractivity contribution in [2.24, 2.45) is 23.7 Å². The minimum Gasteiger partial charge on any atom is -0.494 e. The third kappa shape index (κ3) is 7.99. The normalized spacial score (nSPS) is 27.7. The van der Waals surface area contributed by atoms with E-state index >= 15 is 0 Å². The predicted molar refractivity (Wildman–Crippen MR) is 126 cm³/mol. The molecule has 164 valence electrons. The van der Waals surface area contributed by atoms with Gasteiger partial charge in [0.1, 0.15) is 5.75 Å². The van der Waals surface area contributed by atoms with Crippen LogP contribution in [0.2, 0.25) is 0 Å². The van der Waals surface area contributed by atoms with E-state index in [9.17, 15) is 0 Å². The van der Waals surface area contributed by atoms with Gasteiger partial charge in [0.15, 0.2) is 0 Å². The predicted octanol–water partition coefficient (Wildman–Crippen LogP) is 8.60. The number of rotatable bonds is 11. The van der Waals surface area contributed by atoms with Crippen molar-refractivity contribution >= 4 is 0 Å². The van der Waals surface area contributed by atoms with E-state index in [1.54, 1.807) is 0 Å². The van der Waals surface area contributed by atoms with Crippen LogP contribution in [0, 0.1) is 23.7 Å². The second-order valence-corrected chi connectivity index (χ2v) is 10.1. The van der Waals surface area contributed by atoms with E-state index in [0.717, 1.165) is 36.0 Å². The van der Waals surface area contributed by atoms with Gasteiger partial charge in [-0.25, -0.2) is 0 Å². The van der Waals surface area contributed by atoms with E-state index in [2.05, 4.69) is 38.1 Å². The zero-order valence-corrected chi connectivity index (χ0v) is 19.3. The Hall–Kier alpha value is -0.980. The van der Waals surface area contributed by atoms with Crippen molar-refractivity contribution in [3.8, 4) is 5.75 Å². The highest BCUT2D eigenvalue weighted by Gasteiger charge is 2.21. The zero-order chi connectivity index (χ0) is 20.3. The highest BCUT2D eigenvalue weighted by molar-refractivity contribution is 5.27. The average molecular weight is 399 g/mol. The SMILES string of the molecule is CCC[C@H]1CC[C@H](CCc2ccc(OCCC[C@H]3CC[C@H](CC)CC3)cc2)CC1. The van der Waals surface area contributed by atoms with Crippen LogP contribution in [0.25, 0.3) is 0 Å². The molecule has 2 aliphatic carbocycles.